The molecule has 26 heavy (non-hydrogen) atoms. The molecule has 2 aromatic carbocycles. The van der Waals surface area contributed by atoms with E-state index in [1.807, 2.05) is 25.1 Å². The van der Waals surface area contributed by atoms with Crippen molar-refractivity contribution in [2.24, 2.45) is 7.05 Å². The third-order valence-corrected chi connectivity index (χ3v) is 5.09. The zero-order valence-corrected chi connectivity index (χ0v) is 15.1. The molecule has 0 aliphatic rings. The van der Waals surface area contributed by atoms with Crippen molar-refractivity contribution in [3.8, 4) is 5.75 Å². The van der Waals surface area contributed by atoms with Gasteiger partial charge in [-0.1, -0.05) is 17.4 Å². The second-order valence-corrected chi connectivity index (χ2v) is 6.83. The van der Waals surface area contributed by atoms with Gasteiger partial charge in [0.2, 0.25) is 0 Å². The topological polar surface area (TPSA) is 56.1 Å². The first kappa shape index (κ1) is 16.5. The van der Waals surface area contributed by atoms with Gasteiger partial charge in [-0.15, -0.1) is 0 Å². The third kappa shape index (κ3) is 2.80. The number of benzene rings is 2. The normalized spacial score (nSPS) is 11.2. The number of rotatable bonds is 4. The van der Waals surface area contributed by atoms with Crippen LogP contribution in [0, 0.1) is 5.82 Å². The molecular weight excluding hydrogens is 353 g/mol. The Morgan fingerprint density at radius 2 is 2.15 bits per heavy atom. The number of anilines is 1. The van der Waals surface area contributed by atoms with Gasteiger partial charge in [-0.3, -0.25) is 10.1 Å². The zero-order valence-electron chi connectivity index (χ0n) is 14.2. The minimum atomic E-state index is -0.347. The van der Waals surface area contributed by atoms with E-state index in [0.717, 1.165) is 16.0 Å². The summed E-state index contributed by atoms with van der Waals surface area (Å²) in [6, 6.07) is 12.0. The fourth-order valence-corrected chi connectivity index (χ4v) is 3.81. The molecule has 0 fully saturated rings. The fourth-order valence-electron chi connectivity index (χ4n) is 2.92. The zero-order chi connectivity index (χ0) is 18.3. The largest absolute Gasteiger partial charge is 0.494 e. The van der Waals surface area contributed by atoms with Gasteiger partial charge in [0.25, 0.3) is 5.91 Å². The molecule has 7 heteroatoms. The average molecular weight is 369 g/mol. The monoisotopic (exact) mass is 369 g/mol. The summed E-state index contributed by atoms with van der Waals surface area (Å²) in [5, 5.41) is 3.72. The van der Waals surface area contributed by atoms with E-state index in [1.54, 1.807) is 29.8 Å². The highest BCUT2D eigenvalue weighted by molar-refractivity contribution is 7.22. The van der Waals surface area contributed by atoms with Crippen molar-refractivity contribution < 1.29 is 13.9 Å². The lowest BCUT2D eigenvalue weighted by atomic mass is 10.2. The van der Waals surface area contributed by atoms with Crippen LogP contribution in [0.3, 0.4) is 0 Å². The van der Waals surface area contributed by atoms with Crippen molar-refractivity contribution >= 4 is 43.5 Å². The maximum Gasteiger partial charge on any atom is 0.274 e. The van der Waals surface area contributed by atoms with Crippen LogP contribution in [0.5, 0.6) is 5.75 Å². The second-order valence-electron chi connectivity index (χ2n) is 5.80. The van der Waals surface area contributed by atoms with Crippen molar-refractivity contribution in [1.82, 2.24) is 9.55 Å². The van der Waals surface area contributed by atoms with E-state index in [0.29, 0.717) is 28.3 Å². The lowest BCUT2D eigenvalue weighted by molar-refractivity contribution is 0.102. The number of aryl methyl sites for hydroxylation is 1. The van der Waals surface area contributed by atoms with E-state index in [2.05, 4.69) is 10.3 Å². The quantitative estimate of drug-likeness (QED) is 0.573. The third-order valence-electron chi connectivity index (χ3n) is 4.16. The highest BCUT2D eigenvalue weighted by Gasteiger charge is 2.17. The molecule has 0 aliphatic carbocycles. The standard InChI is InChI=1S/C19H16FN3O2S/c1-3-25-11-7-8-14-17(9-11)26-19(21-14)22-18(24)16-10-12-13(20)5-4-6-15(12)23(16)2/h4-10H,3H2,1-2H3,(H,21,22,24). The SMILES string of the molecule is CCOc1ccc2nc(NC(=O)c3cc4c(F)cccc4n3C)sc2c1. The summed E-state index contributed by atoms with van der Waals surface area (Å²) in [7, 11) is 1.74. The van der Waals surface area contributed by atoms with Gasteiger partial charge in [0.05, 0.1) is 22.3 Å². The molecule has 2 aromatic heterocycles. The maximum atomic E-state index is 13.9. The first-order valence-electron chi connectivity index (χ1n) is 8.15. The number of aromatic nitrogens is 2. The molecule has 0 radical (unpaired) electrons. The predicted octanol–water partition coefficient (Wildman–Crippen LogP) is 4.58. The molecule has 0 saturated heterocycles. The van der Waals surface area contributed by atoms with Crippen molar-refractivity contribution in [2.45, 2.75) is 6.92 Å². The Morgan fingerprint density at radius 3 is 2.92 bits per heavy atom. The minimum Gasteiger partial charge on any atom is -0.494 e. The minimum absolute atomic E-state index is 0.327. The smallest absolute Gasteiger partial charge is 0.274 e. The van der Waals surface area contributed by atoms with Crippen LogP contribution in [0.1, 0.15) is 17.4 Å². The van der Waals surface area contributed by atoms with E-state index in [-0.39, 0.29) is 11.7 Å². The number of nitrogens with zero attached hydrogens (tertiary/aromatic N) is 2. The number of halogens is 1. The van der Waals surface area contributed by atoms with Crippen LogP contribution in [-0.4, -0.2) is 22.1 Å². The van der Waals surface area contributed by atoms with Crippen molar-refractivity contribution in [3.63, 3.8) is 0 Å². The van der Waals surface area contributed by atoms with Crippen LogP contribution in [0.25, 0.3) is 21.1 Å². The molecule has 0 aliphatic heterocycles. The molecule has 5 nitrogen and oxygen atoms in total. The van der Waals surface area contributed by atoms with Crippen molar-refractivity contribution in [3.05, 3.63) is 54.0 Å². The number of hydrogen-bond acceptors (Lipinski definition) is 4. The number of fused-ring (bicyclic) bond motifs is 2. The summed E-state index contributed by atoms with van der Waals surface area (Å²) in [5.41, 5.74) is 1.83. The van der Waals surface area contributed by atoms with Crippen molar-refractivity contribution in [2.75, 3.05) is 11.9 Å². The van der Waals surface area contributed by atoms with Crippen LogP contribution in [0.4, 0.5) is 9.52 Å². The van der Waals surface area contributed by atoms with Crippen LogP contribution in [0.15, 0.2) is 42.5 Å². The molecule has 2 heterocycles. The van der Waals surface area contributed by atoms with E-state index < -0.39 is 0 Å². The Kier molecular flexibility index (Phi) is 4.08. The maximum absolute atomic E-state index is 13.9. The Bertz CT molecular complexity index is 1130. The molecule has 4 rings (SSSR count). The molecule has 0 atom stereocenters. The summed E-state index contributed by atoms with van der Waals surface area (Å²) < 4.78 is 22.0. The summed E-state index contributed by atoms with van der Waals surface area (Å²) in [4.78, 5) is 17.1. The van der Waals surface area contributed by atoms with Gasteiger partial charge < -0.3 is 9.30 Å². The van der Waals surface area contributed by atoms with E-state index in [4.69, 9.17) is 4.74 Å². The Labute approximate surface area is 153 Å². The fraction of sp³-hybridized carbons (Fsp3) is 0.158. The van der Waals surface area contributed by atoms with Gasteiger partial charge in [-0.25, -0.2) is 9.37 Å². The number of amides is 1. The molecule has 132 valence electrons. The molecule has 4 aromatic rings. The number of thiazole rings is 1. The lowest BCUT2D eigenvalue weighted by Gasteiger charge is -2.03. The molecule has 0 unspecified atom stereocenters. The molecule has 0 bridgehead atoms. The van der Waals surface area contributed by atoms with Gasteiger partial charge in [0.15, 0.2) is 5.13 Å². The van der Waals surface area contributed by atoms with Crippen LogP contribution in [-0.2, 0) is 7.05 Å². The Morgan fingerprint density at radius 1 is 1.31 bits per heavy atom. The highest BCUT2D eigenvalue weighted by atomic mass is 32.1. The van der Waals surface area contributed by atoms with Crippen LogP contribution in [0.2, 0.25) is 0 Å². The number of carbonyl (C=O) groups is 1. The number of nitrogens with one attached hydrogen (secondary N) is 1. The number of carbonyl (C=O) groups excluding carboxylic acids is 1. The molecular formula is C19H16FN3O2S. The molecule has 0 saturated carbocycles. The Hall–Kier alpha value is -2.93. The van der Waals surface area contributed by atoms with E-state index >= 15 is 0 Å². The van der Waals surface area contributed by atoms with Crippen LogP contribution < -0.4 is 10.1 Å². The second kappa shape index (κ2) is 6.42. The van der Waals surface area contributed by atoms with E-state index in [9.17, 15) is 9.18 Å². The van der Waals surface area contributed by atoms with Gasteiger partial charge in [0.1, 0.15) is 17.3 Å². The summed E-state index contributed by atoms with van der Waals surface area (Å²) in [6.45, 7) is 2.51. The van der Waals surface area contributed by atoms with Gasteiger partial charge in [-0.2, -0.15) is 0 Å². The van der Waals surface area contributed by atoms with Crippen molar-refractivity contribution in [1.29, 1.82) is 0 Å². The van der Waals surface area contributed by atoms with E-state index in [1.165, 1.54) is 17.4 Å². The molecule has 1 amide bonds. The lowest BCUT2D eigenvalue weighted by Crippen LogP contribution is -2.15. The molecule has 0 spiro atoms. The first-order valence-corrected chi connectivity index (χ1v) is 8.97. The Balaban J connectivity index is 1.65. The summed E-state index contributed by atoms with van der Waals surface area (Å²) in [5.74, 6) is 0.0958. The number of hydrogen-bond donors (Lipinski definition) is 1. The highest BCUT2D eigenvalue weighted by Crippen LogP contribution is 2.30. The summed E-state index contributed by atoms with van der Waals surface area (Å²) in [6.07, 6.45) is 0. The van der Waals surface area contributed by atoms with Gasteiger partial charge in [-0.05, 0) is 43.3 Å². The van der Waals surface area contributed by atoms with Gasteiger partial charge >= 0.3 is 0 Å². The summed E-state index contributed by atoms with van der Waals surface area (Å²) >= 11 is 1.37. The first-order chi connectivity index (χ1) is 12.6. The number of ether oxygens (including phenoxy) is 1. The average Bonchev–Trinajstić information content (AvgIpc) is 3.16. The van der Waals surface area contributed by atoms with Gasteiger partial charge in [0, 0.05) is 12.4 Å². The predicted molar refractivity (Wildman–Crippen MR) is 102 cm³/mol. The van der Waals surface area contributed by atoms with Crippen LogP contribution >= 0.6 is 11.3 Å². The molecule has 1 N–H and O–H groups in total.